The van der Waals surface area contributed by atoms with Crippen LogP contribution in [0.5, 0.6) is 0 Å². The lowest BCUT2D eigenvalue weighted by Gasteiger charge is -2.24. The molecule has 0 spiro atoms. The van der Waals surface area contributed by atoms with E-state index in [0.717, 1.165) is 40.2 Å². The number of anilines is 1. The highest BCUT2D eigenvalue weighted by Gasteiger charge is 2.30. The summed E-state index contributed by atoms with van der Waals surface area (Å²) in [5.41, 5.74) is 2.03. The predicted molar refractivity (Wildman–Crippen MR) is 93.9 cm³/mol. The zero-order valence-corrected chi connectivity index (χ0v) is 14.0. The normalized spacial score (nSPS) is 17.6. The molecule has 0 N–H and O–H groups in total. The van der Waals surface area contributed by atoms with Crippen LogP contribution in [-0.4, -0.2) is 21.7 Å². The number of aromatic nitrogens is 3. The standard InChI is InChI=1S/C17H15ClN4S/c18-13-7-2-1-6-12(13)15-9-5-11-22(15)17-21-20-16(23-17)14-8-3-4-10-19-14/h1-4,6-8,10,15H,5,9,11H2. The van der Waals surface area contributed by atoms with Gasteiger partial charge in [-0.05, 0) is 36.6 Å². The Morgan fingerprint density at radius 2 is 1.96 bits per heavy atom. The van der Waals surface area contributed by atoms with Gasteiger partial charge in [-0.25, -0.2) is 0 Å². The van der Waals surface area contributed by atoms with Crippen LogP contribution in [0.4, 0.5) is 5.13 Å². The number of hydrogen-bond donors (Lipinski definition) is 0. The molecule has 0 saturated carbocycles. The van der Waals surface area contributed by atoms with Gasteiger partial charge in [0.25, 0.3) is 0 Å². The molecule has 4 nitrogen and oxygen atoms in total. The van der Waals surface area contributed by atoms with Gasteiger partial charge >= 0.3 is 0 Å². The van der Waals surface area contributed by atoms with Gasteiger partial charge in [0.2, 0.25) is 5.13 Å². The van der Waals surface area contributed by atoms with Crippen molar-refractivity contribution in [2.24, 2.45) is 0 Å². The van der Waals surface area contributed by atoms with E-state index in [0.29, 0.717) is 0 Å². The van der Waals surface area contributed by atoms with Crippen molar-refractivity contribution in [3.63, 3.8) is 0 Å². The van der Waals surface area contributed by atoms with Crippen LogP contribution in [0.2, 0.25) is 5.02 Å². The number of benzene rings is 1. The van der Waals surface area contributed by atoms with Crippen molar-refractivity contribution in [3.05, 3.63) is 59.2 Å². The monoisotopic (exact) mass is 342 g/mol. The highest BCUT2D eigenvalue weighted by Crippen LogP contribution is 2.40. The van der Waals surface area contributed by atoms with Crippen LogP contribution in [0.1, 0.15) is 24.4 Å². The van der Waals surface area contributed by atoms with E-state index in [9.17, 15) is 0 Å². The average Bonchev–Trinajstić information content (AvgIpc) is 3.25. The molecule has 3 heterocycles. The van der Waals surface area contributed by atoms with Crippen molar-refractivity contribution in [2.75, 3.05) is 11.4 Å². The van der Waals surface area contributed by atoms with Crippen molar-refractivity contribution in [1.29, 1.82) is 0 Å². The average molecular weight is 343 g/mol. The Kier molecular flexibility index (Phi) is 3.97. The molecule has 1 fully saturated rings. The third-order valence-corrected chi connectivity index (χ3v) is 5.39. The molecule has 23 heavy (non-hydrogen) atoms. The summed E-state index contributed by atoms with van der Waals surface area (Å²) in [5, 5.41) is 11.3. The van der Waals surface area contributed by atoms with Gasteiger partial charge < -0.3 is 4.90 Å². The first-order valence-electron chi connectivity index (χ1n) is 7.59. The van der Waals surface area contributed by atoms with Gasteiger partial charge in [0.1, 0.15) is 5.69 Å². The molecule has 6 heteroatoms. The van der Waals surface area contributed by atoms with E-state index in [-0.39, 0.29) is 6.04 Å². The molecule has 1 aliphatic rings. The zero-order chi connectivity index (χ0) is 15.6. The summed E-state index contributed by atoms with van der Waals surface area (Å²) in [6.07, 6.45) is 4.00. The largest absolute Gasteiger partial charge is 0.340 e. The first-order chi connectivity index (χ1) is 11.3. The van der Waals surface area contributed by atoms with E-state index in [1.165, 1.54) is 5.56 Å². The molecular formula is C17H15ClN4S. The fraction of sp³-hybridized carbons (Fsp3) is 0.235. The Balaban J connectivity index is 1.65. The second-order valence-corrected chi connectivity index (χ2v) is 6.84. The Morgan fingerprint density at radius 1 is 1.09 bits per heavy atom. The maximum atomic E-state index is 6.39. The van der Waals surface area contributed by atoms with Crippen LogP contribution in [0.25, 0.3) is 10.7 Å². The summed E-state index contributed by atoms with van der Waals surface area (Å²) in [5.74, 6) is 0. The van der Waals surface area contributed by atoms with Crippen molar-refractivity contribution in [2.45, 2.75) is 18.9 Å². The van der Waals surface area contributed by atoms with Crippen molar-refractivity contribution in [3.8, 4) is 10.7 Å². The van der Waals surface area contributed by atoms with E-state index in [1.54, 1.807) is 17.5 Å². The molecule has 4 rings (SSSR count). The number of pyridine rings is 1. The van der Waals surface area contributed by atoms with Gasteiger partial charge in [0, 0.05) is 17.8 Å². The smallest absolute Gasteiger partial charge is 0.209 e. The molecule has 1 aromatic carbocycles. The quantitative estimate of drug-likeness (QED) is 0.697. The molecule has 0 bridgehead atoms. The molecule has 2 aromatic heterocycles. The maximum absolute atomic E-state index is 6.39. The summed E-state index contributed by atoms with van der Waals surface area (Å²) in [7, 11) is 0. The Morgan fingerprint density at radius 3 is 2.78 bits per heavy atom. The van der Waals surface area contributed by atoms with Crippen LogP contribution in [0.3, 0.4) is 0 Å². The van der Waals surface area contributed by atoms with Gasteiger partial charge in [-0.2, -0.15) is 0 Å². The van der Waals surface area contributed by atoms with Gasteiger partial charge in [-0.15, -0.1) is 10.2 Å². The fourth-order valence-electron chi connectivity index (χ4n) is 2.99. The summed E-state index contributed by atoms with van der Waals surface area (Å²) in [6, 6.07) is 14.2. The molecular weight excluding hydrogens is 328 g/mol. The fourth-order valence-corrected chi connectivity index (χ4v) is 4.15. The van der Waals surface area contributed by atoms with Gasteiger partial charge in [-0.3, -0.25) is 4.98 Å². The molecule has 3 aromatic rings. The number of rotatable bonds is 3. The highest BCUT2D eigenvalue weighted by molar-refractivity contribution is 7.18. The Labute approximate surface area is 143 Å². The van der Waals surface area contributed by atoms with Crippen LogP contribution in [-0.2, 0) is 0 Å². The van der Waals surface area contributed by atoms with E-state index in [1.807, 2.05) is 36.4 Å². The molecule has 1 aliphatic heterocycles. The van der Waals surface area contributed by atoms with Gasteiger partial charge in [0.05, 0.1) is 6.04 Å². The van der Waals surface area contributed by atoms with Crippen LogP contribution >= 0.6 is 22.9 Å². The SMILES string of the molecule is Clc1ccccc1C1CCCN1c1nnc(-c2ccccn2)s1. The summed E-state index contributed by atoms with van der Waals surface area (Å²) >= 11 is 7.97. The van der Waals surface area contributed by atoms with Gasteiger partial charge in [-0.1, -0.05) is 47.2 Å². The molecule has 0 radical (unpaired) electrons. The lowest BCUT2D eigenvalue weighted by atomic mass is 10.0. The lowest BCUT2D eigenvalue weighted by Crippen LogP contribution is -2.22. The summed E-state index contributed by atoms with van der Waals surface area (Å²) in [4.78, 5) is 6.66. The third-order valence-electron chi connectivity index (χ3n) is 4.06. The molecule has 1 atom stereocenters. The minimum absolute atomic E-state index is 0.272. The van der Waals surface area contributed by atoms with E-state index in [2.05, 4.69) is 26.1 Å². The van der Waals surface area contributed by atoms with E-state index < -0.39 is 0 Å². The Bertz CT molecular complexity index is 805. The molecule has 116 valence electrons. The molecule has 1 saturated heterocycles. The van der Waals surface area contributed by atoms with E-state index >= 15 is 0 Å². The maximum Gasteiger partial charge on any atom is 0.209 e. The van der Waals surface area contributed by atoms with Crippen molar-refractivity contribution >= 4 is 28.1 Å². The van der Waals surface area contributed by atoms with Crippen LogP contribution in [0, 0.1) is 0 Å². The molecule has 1 unspecified atom stereocenters. The minimum atomic E-state index is 0.272. The first kappa shape index (κ1) is 14.6. The topological polar surface area (TPSA) is 41.9 Å². The number of nitrogens with zero attached hydrogens (tertiary/aromatic N) is 4. The summed E-state index contributed by atoms with van der Waals surface area (Å²) < 4.78 is 0. The zero-order valence-electron chi connectivity index (χ0n) is 12.4. The highest BCUT2D eigenvalue weighted by atomic mass is 35.5. The number of hydrogen-bond acceptors (Lipinski definition) is 5. The lowest BCUT2D eigenvalue weighted by molar-refractivity contribution is 0.714. The molecule has 0 aliphatic carbocycles. The van der Waals surface area contributed by atoms with Crippen LogP contribution in [0.15, 0.2) is 48.7 Å². The van der Waals surface area contributed by atoms with Gasteiger partial charge in [0.15, 0.2) is 5.01 Å². The molecule has 0 amide bonds. The third kappa shape index (κ3) is 2.82. The Hall–Kier alpha value is -1.98. The van der Waals surface area contributed by atoms with Crippen molar-refractivity contribution < 1.29 is 0 Å². The van der Waals surface area contributed by atoms with E-state index in [4.69, 9.17) is 11.6 Å². The first-order valence-corrected chi connectivity index (χ1v) is 8.78. The summed E-state index contributed by atoms with van der Waals surface area (Å²) in [6.45, 7) is 0.979. The van der Waals surface area contributed by atoms with Crippen LogP contribution < -0.4 is 4.90 Å². The second-order valence-electron chi connectivity index (χ2n) is 5.48. The van der Waals surface area contributed by atoms with Crippen molar-refractivity contribution in [1.82, 2.24) is 15.2 Å². The minimum Gasteiger partial charge on any atom is -0.340 e. The predicted octanol–water partition coefficient (Wildman–Crippen LogP) is 4.60. The number of halogens is 1. The second kappa shape index (κ2) is 6.26.